The second-order valence-electron chi connectivity index (χ2n) is 5.36. The first kappa shape index (κ1) is 15.8. The monoisotopic (exact) mass is 310 g/mol. The van der Waals surface area contributed by atoms with Crippen LogP contribution in [0.4, 0.5) is 0 Å². The summed E-state index contributed by atoms with van der Waals surface area (Å²) in [5, 5.41) is 12.2. The van der Waals surface area contributed by atoms with Gasteiger partial charge in [0.2, 0.25) is 5.91 Å². The van der Waals surface area contributed by atoms with E-state index in [-0.39, 0.29) is 17.9 Å². The lowest BCUT2D eigenvalue weighted by Crippen LogP contribution is -2.46. The SMILES string of the molecule is NC1CCCCC1C(=O)N[C@@H](C(=O)O)c1ccccc1Cl. The van der Waals surface area contributed by atoms with E-state index in [1.54, 1.807) is 24.3 Å². The second kappa shape index (κ2) is 6.91. The van der Waals surface area contributed by atoms with Gasteiger partial charge in [-0.3, -0.25) is 4.79 Å². The molecular formula is C15H19ClN2O3. The van der Waals surface area contributed by atoms with Crippen molar-refractivity contribution in [2.45, 2.75) is 37.8 Å². The van der Waals surface area contributed by atoms with Crippen molar-refractivity contribution >= 4 is 23.5 Å². The highest BCUT2D eigenvalue weighted by Gasteiger charge is 2.32. The highest BCUT2D eigenvalue weighted by atomic mass is 35.5. The summed E-state index contributed by atoms with van der Waals surface area (Å²) >= 11 is 6.02. The maximum atomic E-state index is 12.3. The third-order valence-corrected chi connectivity index (χ3v) is 4.25. The predicted molar refractivity (Wildman–Crippen MR) is 79.9 cm³/mol. The summed E-state index contributed by atoms with van der Waals surface area (Å²) in [7, 11) is 0. The molecule has 2 rings (SSSR count). The molecule has 2 unspecified atom stereocenters. The van der Waals surface area contributed by atoms with Gasteiger partial charge in [-0.1, -0.05) is 42.6 Å². The zero-order valence-corrected chi connectivity index (χ0v) is 12.3. The maximum absolute atomic E-state index is 12.3. The summed E-state index contributed by atoms with van der Waals surface area (Å²) in [6, 6.07) is 5.24. The van der Waals surface area contributed by atoms with Crippen LogP contribution >= 0.6 is 11.6 Å². The van der Waals surface area contributed by atoms with Crippen molar-refractivity contribution in [3.8, 4) is 0 Å². The third-order valence-electron chi connectivity index (χ3n) is 3.91. The number of aliphatic carboxylic acids is 1. The van der Waals surface area contributed by atoms with Crippen LogP contribution in [0.15, 0.2) is 24.3 Å². The minimum Gasteiger partial charge on any atom is -0.479 e. The molecule has 0 aromatic heterocycles. The van der Waals surface area contributed by atoms with Crippen molar-refractivity contribution in [2.75, 3.05) is 0 Å². The molecule has 21 heavy (non-hydrogen) atoms. The van der Waals surface area contributed by atoms with Crippen molar-refractivity contribution in [2.24, 2.45) is 11.7 Å². The molecule has 3 atom stereocenters. The van der Waals surface area contributed by atoms with E-state index in [9.17, 15) is 14.7 Å². The zero-order chi connectivity index (χ0) is 15.4. The number of nitrogens with two attached hydrogens (primary N) is 1. The Hall–Kier alpha value is -1.59. The van der Waals surface area contributed by atoms with E-state index in [1.165, 1.54) is 0 Å². The highest BCUT2D eigenvalue weighted by molar-refractivity contribution is 6.31. The van der Waals surface area contributed by atoms with Crippen LogP contribution in [0.5, 0.6) is 0 Å². The Labute approximate surface area is 128 Å². The van der Waals surface area contributed by atoms with Crippen LogP contribution in [0.1, 0.15) is 37.3 Å². The molecule has 1 aliphatic carbocycles. The summed E-state index contributed by atoms with van der Waals surface area (Å²) in [6.07, 6.45) is 3.44. The lowest BCUT2D eigenvalue weighted by molar-refractivity contribution is -0.143. The van der Waals surface area contributed by atoms with Gasteiger partial charge in [0.15, 0.2) is 6.04 Å². The Kier molecular flexibility index (Phi) is 5.20. The van der Waals surface area contributed by atoms with Gasteiger partial charge in [0, 0.05) is 16.6 Å². The summed E-state index contributed by atoms with van der Waals surface area (Å²) in [6.45, 7) is 0. The molecular weight excluding hydrogens is 292 g/mol. The summed E-state index contributed by atoms with van der Waals surface area (Å²) in [5.41, 5.74) is 6.35. The smallest absolute Gasteiger partial charge is 0.330 e. The van der Waals surface area contributed by atoms with Gasteiger partial charge >= 0.3 is 5.97 Å². The molecule has 1 saturated carbocycles. The predicted octanol–water partition coefficient (Wildman–Crippen LogP) is 2.10. The standard InChI is InChI=1S/C15H19ClN2O3/c16-11-7-3-1-5-9(11)13(15(20)21)18-14(19)10-6-2-4-8-12(10)17/h1,3,5,7,10,12-13H,2,4,6,8,17H2,(H,18,19)(H,20,21)/t10?,12?,13-/m1/s1. The number of nitrogens with one attached hydrogen (secondary N) is 1. The van der Waals surface area contributed by atoms with Gasteiger partial charge in [0.25, 0.3) is 0 Å². The number of amides is 1. The Morgan fingerprint density at radius 3 is 2.57 bits per heavy atom. The number of hydrogen-bond donors (Lipinski definition) is 3. The van der Waals surface area contributed by atoms with Crippen LogP contribution in [0.3, 0.4) is 0 Å². The van der Waals surface area contributed by atoms with Gasteiger partial charge < -0.3 is 16.2 Å². The van der Waals surface area contributed by atoms with Crippen molar-refractivity contribution in [1.29, 1.82) is 0 Å². The number of hydrogen-bond acceptors (Lipinski definition) is 3. The Morgan fingerprint density at radius 2 is 1.95 bits per heavy atom. The average molecular weight is 311 g/mol. The fourth-order valence-corrected chi connectivity index (χ4v) is 2.96. The van der Waals surface area contributed by atoms with E-state index in [1.807, 2.05) is 0 Å². The van der Waals surface area contributed by atoms with E-state index in [4.69, 9.17) is 17.3 Å². The van der Waals surface area contributed by atoms with Gasteiger partial charge in [-0.05, 0) is 18.9 Å². The lowest BCUT2D eigenvalue weighted by Gasteiger charge is -2.28. The van der Waals surface area contributed by atoms with Gasteiger partial charge in [0.1, 0.15) is 0 Å². The van der Waals surface area contributed by atoms with Crippen molar-refractivity contribution in [3.05, 3.63) is 34.9 Å². The average Bonchev–Trinajstić information content (AvgIpc) is 2.45. The van der Waals surface area contributed by atoms with E-state index in [0.29, 0.717) is 17.0 Å². The molecule has 1 aliphatic rings. The quantitative estimate of drug-likeness (QED) is 0.794. The van der Waals surface area contributed by atoms with E-state index in [2.05, 4.69) is 5.32 Å². The zero-order valence-electron chi connectivity index (χ0n) is 11.6. The van der Waals surface area contributed by atoms with Crippen LogP contribution in [0.2, 0.25) is 5.02 Å². The molecule has 1 fully saturated rings. The molecule has 1 amide bonds. The van der Waals surface area contributed by atoms with Gasteiger partial charge in [-0.25, -0.2) is 4.79 Å². The van der Waals surface area contributed by atoms with Gasteiger partial charge in [0.05, 0.1) is 5.92 Å². The number of benzene rings is 1. The number of rotatable bonds is 4. The van der Waals surface area contributed by atoms with Crippen molar-refractivity contribution < 1.29 is 14.7 Å². The maximum Gasteiger partial charge on any atom is 0.330 e. The highest BCUT2D eigenvalue weighted by Crippen LogP contribution is 2.26. The van der Waals surface area contributed by atoms with Crippen molar-refractivity contribution in [3.63, 3.8) is 0 Å². The van der Waals surface area contributed by atoms with Crippen LogP contribution in [0, 0.1) is 5.92 Å². The fraction of sp³-hybridized carbons (Fsp3) is 0.467. The third kappa shape index (κ3) is 3.74. The molecule has 4 N–H and O–H groups in total. The first-order valence-electron chi connectivity index (χ1n) is 7.04. The first-order valence-corrected chi connectivity index (χ1v) is 7.41. The summed E-state index contributed by atoms with van der Waals surface area (Å²) in [4.78, 5) is 23.8. The molecule has 6 heteroatoms. The molecule has 1 aromatic carbocycles. The largest absolute Gasteiger partial charge is 0.479 e. The Balaban J connectivity index is 2.15. The van der Waals surface area contributed by atoms with Crippen LogP contribution in [-0.4, -0.2) is 23.0 Å². The van der Waals surface area contributed by atoms with E-state index < -0.39 is 12.0 Å². The summed E-state index contributed by atoms with van der Waals surface area (Å²) < 4.78 is 0. The van der Waals surface area contributed by atoms with Crippen LogP contribution < -0.4 is 11.1 Å². The Morgan fingerprint density at radius 1 is 1.29 bits per heavy atom. The number of carboxylic acid groups (broad SMARTS) is 1. The topological polar surface area (TPSA) is 92.4 Å². The molecule has 0 heterocycles. The summed E-state index contributed by atoms with van der Waals surface area (Å²) in [5.74, 6) is -1.78. The molecule has 114 valence electrons. The van der Waals surface area contributed by atoms with Crippen molar-refractivity contribution in [1.82, 2.24) is 5.32 Å². The Bertz CT molecular complexity index is 535. The van der Waals surface area contributed by atoms with Gasteiger partial charge in [-0.2, -0.15) is 0 Å². The second-order valence-corrected chi connectivity index (χ2v) is 5.76. The molecule has 1 aromatic rings. The minimum absolute atomic E-state index is 0.209. The molecule has 5 nitrogen and oxygen atoms in total. The molecule has 0 radical (unpaired) electrons. The normalized spacial score (nSPS) is 23.3. The molecule has 0 aliphatic heterocycles. The van der Waals surface area contributed by atoms with Gasteiger partial charge in [-0.15, -0.1) is 0 Å². The van der Waals surface area contributed by atoms with E-state index in [0.717, 1.165) is 19.3 Å². The first-order chi connectivity index (χ1) is 10.0. The fourth-order valence-electron chi connectivity index (χ4n) is 2.72. The lowest BCUT2D eigenvalue weighted by atomic mass is 9.84. The molecule has 0 saturated heterocycles. The van der Waals surface area contributed by atoms with Crippen LogP contribution in [-0.2, 0) is 9.59 Å². The van der Waals surface area contributed by atoms with E-state index >= 15 is 0 Å². The number of carboxylic acids is 1. The number of carbonyl (C=O) groups is 2. The molecule has 0 spiro atoms. The minimum atomic E-state index is -1.15. The molecule has 0 bridgehead atoms. The van der Waals surface area contributed by atoms with Crippen LogP contribution in [0.25, 0.3) is 0 Å². The number of carbonyl (C=O) groups excluding carboxylic acids is 1. The number of halogens is 1.